The number of benzene rings is 2. The lowest BCUT2D eigenvalue weighted by atomic mass is 10.1. The van der Waals surface area contributed by atoms with Gasteiger partial charge in [0.05, 0.1) is 19.3 Å². The van der Waals surface area contributed by atoms with Crippen LogP contribution in [0.3, 0.4) is 0 Å². The first-order valence-corrected chi connectivity index (χ1v) is 8.99. The van der Waals surface area contributed by atoms with E-state index in [9.17, 15) is 0 Å². The SMILES string of the molecule is COc1c(C)cccc1CNCc1cccc(Cn2nc(C)cc2C)c1. The summed E-state index contributed by atoms with van der Waals surface area (Å²) in [5.74, 6) is 0.971. The van der Waals surface area contributed by atoms with Crippen molar-refractivity contribution < 1.29 is 4.74 Å². The van der Waals surface area contributed by atoms with Crippen LogP contribution in [0.15, 0.2) is 48.5 Å². The van der Waals surface area contributed by atoms with E-state index in [1.807, 2.05) is 6.92 Å². The van der Waals surface area contributed by atoms with Gasteiger partial charge in [-0.3, -0.25) is 4.68 Å². The van der Waals surface area contributed by atoms with E-state index in [0.29, 0.717) is 0 Å². The number of aromatic nitrogens is 2. The zero-order valence-electron chi connectivity index (χ0n) is 16.0. The van der Waals surface area contributed by atoms with Crippen LogP contribution >= 0.6 is 0 Å². The molecule has 0 atom stereocenters. The fraction of sp³-hybridized carbons (Fsp3) is 0.318. The first-order valence-electron chi connectivity index (χ1n) is 8.99. The van der Waals surface area contributed by atoms with Crippen LogP contribution in [-0.4, -0.2) is 16.9 Å². The van der Waals surface area contributed by atoms with Gasteiger partial charge in [0, 0.05) is 24.3 Å². The fourth-order valence-corrected chi connectivity index (χ4v) is 3.33. The molecular formula is C22H27N3O. The highest BCUT2D eigenvalue weighted by atomic mass is 16.5. The molecule has 0 aliphatic carbocycles. The second kappa shape index (κ2) is 8.19. The molecule has 4 nitrogen and oxygen atoms in total. The van der Waals surface area contributed by atoms with Crippen LogP contribution in [0.25, 0.3) is 0 Å². The lowest BCUT2D eigenvalue weighted by Crippen LogP contribution is -2.14. The molecule has 26 heavy (non-hydrogen) atoms. The predicted molar refractivity (Wildman–Crippen MR) is 106 cm³/mol. The Bertz CT molecular complexity index is 883. The largest absolute Gasteiger partial charge is 0.496 e. The van der Waals surface area contributed by atoms with Crippen LogP contribution < -0.4 is 10.1 Å². The maximum Gasteiger partial charge on any atom is 0.126 e. The summed E-state index contributed by atoms with van der Waals surface area (Å²) < 4.78 is 7.58. The zero-order chi connectivity index (χ0) is 18.5. The number of nitrogens with zero attached hydrogens (tertiary/aromatic N) is 2. The summed E-state index contributed by atoms with van der Waals surface area (Å²) in [6.45, 7) is 8.61. The van der Waals surface area contributed by atoms with Gasteiger partial charge in [0.2, 0.25) is 0 Å². The molecule has 3 rings (SSSR count). The number of rotatable bonds is 7. The van der Waals surface area contributed by atoms with E-state index in [0.717, 1.165) is 31.1 Å². The summed E-state index contributed by atoms with van der Waals surface area (Å²) in [4.78, 5) is 0. The molecule has 0 aliphatic heterocycles. The summed E-state index contributed by atoms with van der Waals surface area (Å²) in [6, 6.07) is 17.0. The lowest BCUT2D eigenvalue weighted by Gasteiger charge is -2.12. The number of hydrogen-bond donors (Lipinski definition) is 1. The van der Waals surface area contributed by atoms with Gasteiger partial charge in [-0.15, -0.1) is 0 Å². The van der Waals surface area contributed by atoms with Crippen molar-refractivity contribution >= 4 is 0 Å². The Labute approximate surface area is 155 Å². The molecule has 0 amide bonds. The smallest absolute Gasteiger partial charge is 0.126 e. The highest BCUT2D eigenvalue weighted by Gasteiger charge is 2.06. The van der Waals surface area contributed by atoms with Gasteiger partial charge in [-0.2, -0.15) is 5.10 Å². The zero-order valence-corrected chi connectivity index (χ0v) is 16.0. The molecule has 136 valence electrons. The number of aryl methyl sites for hydroxylation is 3. The quantitative estimate of drug-likeness (QED) is 0.696. The van der Waals surface area contributed by atoms with Crippen molar-refractivity contribution in [3.63, 3.8) is 0 Å². The molecule has 1 aromatic heterocycles. The van der Waals surface area contributed by atoms with E-state index >= 15 is 0 Å². The van der Waals surface area contributed by atoms with Crippen molar-refractivity contribution in [2.24, 2.45) is 0 Å². The maximum absolute atomic E-state index is 5.53. The summed E-state index contributed by atoms with van der Waals surface area (Å²) >= 11 is 0. The minimum Gasteiger partial charge on any atom is -0.496 e. The van der Waals surface area contributed by atoms with Crippen molar-refractivity contribution in [3.05, 3.63) is 82.2 Å². The highest BCUT2D eigenvalue weighted by molar-refractivity contribution is 5.40. The molecule has 0 aliphatic rings. The summed E-state index contributed by atoms with van der Waals surface area (Å²) in [5, 5.41) is 8.08. The highest BCUT2D eigenvalue weighted by Crippen LogP contribution is 2.22. The van der Waals surface area contributed by atoms with Crippen LogP contribution in [0.2, 0.25) is 0 Å². The predicted octanol–water partition coefficient (Wildman–Crippen LogP) is 4.16. The molecule has 0 fully saturated rings. The van der Waals surface area contributed by atoms with Gasteiger partial charge in [-0.05, 0) is 43.5 Å². The van der Waals surface area contributed by atoms with Crippen LogP contribution in [0.5, 0.6) is 5.75 Å². The minimum atomic E-state index is 0.784. The van der Waals surface area contributed by atoms with Gasteiger partial charge in [0.25, 0.3) is 0 Å². The Morgan fingerprint density at radius 2 is 1.73 bits per heavy atom. The molecule has 0 unspecified atom stereocenters. The lowest BCUT2D eigenvalue weighted by molar-refractivity contribution is 0.404. The Morgan fingerprint density at radius 3 is 2.46 bits per heavy atom. The van der Waals surface area contributed by atoms with E-state index in [4.69, 9.17) is 4.74 Å². The molecule has 4 heteroatoms. The number of ether oxygens (including phenoxy) is 1. The molecule has 0 saturated heterocycles. The Hall–Kier alpha value is -2.59. The first kappa shape index (κ1) is 18.2. The maximum atomic E-state index is 5.53. The summed E-state index contributed by atoms with van der Waals surface area (Å²) in [7, 11) is 1.73. The molecule has 0 radical (unpaired) electrons. The van der Waals surface area contributed by atoms with Crippen molar-refractivity contribution in [3.8, 4) is 5.75 Å². The van der Waals surface area contributed by atoms with Gasteiger partial charge in [-0.1, -0.05) is 42.5 Å². The van der Waals surface area contributed by atoms with Gasteiger partial charge < -0.3 is 10.1 Å². The monoisotopic (exact) mass is 349 g/mol. The number of para-hydroxylation sites is 1. The third kappa shape index (κ3) is 4.33. The van der Waals surface area contributed by atoms with Crippen molar-refractivity contribution in [1.29, 1.82) is 0 Å². The molecule has 0 bridgehead atoms. The average molecular weight is 349 g/mol. The molecule has 1 heterocycles. The van der Waals surface area contributed by atoms with Crippen molar-refractivity contribution in [1.82, 2.24) is 15.1 Å². The molecule has 0 saturated carbocycles. The third-order valence-corrected chi connectivity index (χ3v) is 4.57. The van der Waals surface area contributed by atoms with E-state index < -0.39 is 0 Å². The Morgan fingerprint density at radius 1 is 0.962 bits per heavy atom. The first-order chi connectivity index (χ1) is 12.6. The van der Waals surface area contributed by atoms with E-state index in [-0.39, 0.29) is 0 Å². The van der Waals surface area contributed by atoms with Gasteiger partial charge in [0.1, 0.15) is 5.75 Å². The third-order valence-electron chi connectivity index (χ3n) is 4.57. The Kier molecular flexibility index (Phi) is 5.74. The Balaban J connectivity index is 1.63. The van der Waals surface area contributed by atoms with E-state index in [1.54, 1.807) is 7.11 Å². The van der Waals surface area contributed by atoms with E-state index in [1.165, 1.54) is 27.9 Å². The van der Waals surface area contributed by atoms with Crippen molar-refractivity contribution in [2.45, 2.75) is 40.4 Å². The summed E-state index contributed by atoms with van der Waals surface area (Å²) in [6.07, 6.45) is 0. The molecule has 2 aromatic carbocycles. The molecule has 0 spiro atoms. The fourth-order valence-electron chi connectivity index (χ4n) is 3.33. The van der Waals surface area contributed by atoms with Crippen molar-refractivity contribution in [2.75, 3.05) is 7.11 Å². The normalized spacial score (nSPS) is 10.9. The van der Waals surface area contributed by atoms with E-state index in [2.05, 4.69) is 77.5 Å². The summed E-state index contributed by atoms with van der Waals surface area (Å²) in [5.41, 5.74) is 7.15. The molecule has 3 aromatic rings. The average Bonchev–Trinajstić information content (AvgIpc) is 2.92. The standard InChI is InChI=1S/C22H27N3O/c1-16-7-5-10-21(22(16)26-4)14-23-13-19-8-6-9-20(12-19)15-25-18(3)11-17(2)24-25/h5-12,23H,13-15H2,1-4H3. The number of nitrogens with one attached hydrogen (secondary N) is 1. The minimum absolute atomic E-state index is 0.784. The van der Waals surface area contributed by atoms with Crippen LogP contribution in [-0.2, 0) is 19.6 Å². The second-order valence-corrected chi connectivity index (χ2v) is 6.78. The van der Waals surface area contributed by atoms with Gasteiger partial charge in [0.15, 0.2) is 0 Å². The van der Waals surface area contributed by atoms with Crippen LogP contribution in [0.1, 0.15) is 33.6 Å². The molecular weight excluding hydrogens is 322 g/mol. The second-order valence-electron chi connectivity index (χ2n) is 6.78. The number of hydrogen-bond acceptors (Lipinski definition) is 3. The molecule has 1 N–H and O–H groups in total. The van der Waals surface area contributed by atoms with Gasteiger partial charge >= 0.3 is 0 Å². The van der Waals surface area contributed by atoms with Crippen LogP contribution in [0.4, 0.5) is 0 Å². The van der Waals surface area contributed by atoms with Crippen LogP contribution in [0, 0.1) is 20.8 Å². The van der Waals surface area contributed by atoms with Gasteiger partial charge in [-0.25, -0.2) is 0 Å². The topological polar surface area (TPSA) is 39.1 Å². The number of methoxy groups -OCH3 is 1.